The molecule has 0 radical (unpaired) electrons. The van der Waals surface area contributed by atoms with Crippen LogP contribution in [0.1, 0.15) is 57.8 Å². The van der Waals surface area contributed by atoms with Crippen molar-refractivity contribution < 1.29 is 22.8 Å². The zero-order valence-corrected chi connectivity index (χ0v) is 20.7. The van der Waals surface area contributed by atoms with Crippen molar-refractivity contribution in [2.45, 2.75) is 45.1 Å². The van der Waals surface area contributed by atoms with E-state index in [0.29, 0.717) is 37.0 Å². The maximum Gasteiger partial charge on any atom is 0.435 e. The Morgan fingerprint density at radius 2 is 1.84 bits per heavy atom. The lowest BCUT2D eigenvalue weighted by Gasteiger charge is -2.19. The van der Waals surface area contributed by atoms with Crippen LogP contribution in [0.15, 0.2) is 42.6 Å². The van der Waals surface area contributed by atoms with Crippen molar-refractivity contribution in [1.29, 1.82) is 0 Å². The average Bonchev–Trinajstić information content (AvgIpc) is 3.21. The van der Waals surface area contributed by atoms with Gasteiger partial charge in [0.1, 0.15) is 5.82 Å². The van der Waals surface area contributed by atoms with Gasteiger partial charge in [0.25, 0.3) is 5.91 Å². The van der Waals surface area contributed by atoms with Crippen LogP contribution in [0.25, 0.3) is 0 Å². The second-order valence-corrected chi connectivity index (χ2v) is 10.5. The zero-order valence-electron chi connectivity index (χ0n) is 20.7. The van der Waals surface area contributed by atoms with E-state index in [1.165, 1.54) is 0 Å². The number of nitrogens with zero attached hydrogens (tertiary/aromatic N) is 4. The van der Waals surface area contributed by atoms with Crippen LogP contribution in [0.2, 0.25) is 0 Å². The van der Waals surface area contributed by atoms with Crippen LogP contribution >= 0.6 is 0 Å². The summed E-state index contributed by atoms with van der Waals surface area (Å²) >= 11 is 0. The number of rotatable bonds is 6. The maximum atomic E-state index is 13.8. The number of anilines is 1. The fourth-order valence-corrected chi connectivity index (χ4v) is 5.84. The molecule has 2 unspecified atom stereocenters. The van der Waals surface area contributed by atoms with Gasteiger partial charge in [0.15, 0.2) is 5.69 Å². The predicted octanol–water partition coefficient (Wildman–Crippen LogP) is 3.57. The van der Waals surface area contributed by atoms with Crippen LogP contribution < -0.4 is 11.1 Å². The second kappa shape index (κ2) is 8.85. The third-order valence-electron chi connectivity index (χ3n) is 7.99. The van der Waals surface area contributed by atoms with Crippen LogP contribution in [0.4, 0.5) is 19.0 Å². The van der Waals surface area contributed by atoms with Crippen molar-refractivity contribution in [2.24, 2.45) is 17.8 Å². The Bertz CT molecular complexity index is 1420. The van der Waals surface area contributed by atoms with Gasteiger partial charge >= 0.3 is 6.18 Å². The first kappa shape index (κ1) is 24.4. The number of hydrogen-bond donors (Lipinski definition) is 2. The molecule has 8 nitrogen and oxygen atoms in total. The number of piperidine rings is 1. The summed E-state index contributed by atoms with van der Waals surface area (Å²) in [7, 11) is 0. The molecule has 6 rings (SSSR count). The van der Waals surface area contributed by atoms with E-state index >= 15 is 0 Å². The highest BCUT2D eigenvalue weighted by molar-refractivity contribution is 5.95. The Kier molecular flexibility index (Phi) is 5.69. The highest BCUT2D eigenvalue weighted by Crippen LogP contribution is 2.52. The molecule has 2 aliphatic carbocycles. The molecule has 4 atom stereocenters. The number of likely N-dealkylation sites (tertiary alicyclic amines) is 1. The number of pyridine rings is 1. The number of carbonyl (C=O) groups is 2. The van der Waals surface area contributed by atoms with Crippen molar-refractivity contribution in [3.05, 3.63) is 76.2 Å². The molecule has 38 heavy (non-hydrogen) atoms. The molecular formula is C27H27F3N6O2. The molecule has 3 aromatic rings. The molecule has 2 aromatic heterocycles. The lowest BCUT2D eigenvalue weighted by molar-refractivity contribution is -0.141. The largest absolute Gasteiger partial charge is 0.435 e. The summed E-state index contributed by atoms with van der Waals surface area (Å²) < 4.78 is 42.5. The number of nitrogens with one attached hydrogen (secondary N) is 1. The van der Waals surface area contributed by atoms with E-state index in [-0.39, 0.29) is 18.4 Å². The SMILES string of the molecule is C[C@@H]1C2CN(Cc3ccc(Cn4cc(C(=O)N[C@@H]5CCc6nc(N)ccc65)c(C(F)(F)F)n4)cc3)C(=O)C21. The van der Waals surface area contributed by atoms with E-state index in [0.717, 1.165) is 39.8 Å². The third kappa shape index (κ3) is 4.39. The third-order valence-corrected chi connectivity index (χ3v) is 7.99. The van der Waals surface area contributed by atoms with Gasteiger partial charge in [-0.1, -0.05) is 37.3 Å². The smallest absolute Gasteiger partial charge is 0.384 e. The van der Waals surface area contributed by atoms with Crippen molar-refractivity contribution in [3.8, 4) is 0 Å². The quantitative estimate of drug-likeness (QED) is 0.513. The Morgan fingerprint density at radius 1 is 1.13 bits per heavy atom. The number of nitrogen functional groups attached to an aromatic ring is 1. The minimum absolute atomic E-state index is 0.0659. The molecule has 3 heterocycles. The lowest BCUT2D eigenvalue weighted by Crippen LogP contribution is -2.29. The number of hydrogen-bond acceptors (Lipinski definition) is 5. The normalized spacial score (nSPS) is 23.9. The number of carbonyl (C=O) groups excluding carboxylic acids is 2. The first-order valence-electron chi connectivity index (χ1n) is 12.7. The van der Waals surface area contributed by atoms with Gasteiger partial charge in [-0.25, -0.2) is 4.98 Å². The number of benzene rings is 1. The van der Waals surface area contributed by atoms with Gasteiger partial charge in [-0.2, -0.15) is 18.3 Å². The summed E-state index contributed by atoms with van der Waals surface area (Å²) in [6.07, 6.45) is -2.53. The molecule has 1 aliphatic heterocycles. The summed E-state index contributed by atoms with van der Waals surface area (Å²) in [6, 6.07) is 10.3. The van der Waals surface area contributed by atoms with Crippen LogP contribution in [-0.2, 0) is 30.5 Å². The maximum absolute atomic E-state index is 13.8. The average molecular weight is 525 g/mol. The molecule has 1 aromatic carbocycles. The van der Waals surface area contributed by atoms with Crippen LogP contribution in [0, 0.1) is 17.8 Å². The van der Waals surface area contributed by atoms with Gasteiger partial charge in [0, 0.05) is 30.9 Å². The van der Waals surface area contributed by atoms with Crippen molar-refractivity contribution in [3.63, 3.8) is 0 Å². The van der Waals surface area contributed by atoms with E-state index in [1.54, 1.807) is 12.1 Å². The first-order chi connectivity index (χ1) is 18.1. The lowest BCUT2D eigenvalue weighted by atomic mass is 10.1. The van der Waals surface area contributed by atoms with E-state index in [2.05, 4.69) is 22.3 Å². The minimum atomic E-state index is -4.79. The van der Waals surface area contributed by atoms with Gasteiger partial charge in [-0.05, 0) is 47.4 Å². The van der Waals surface area contributed by atoms with Crippen LogP contribution in [0.3, 0.4) is 0 Å². The highest BCUT2D eigenvalue weighted by atomic mass is 19.4. The van der Waals surface area contributed by atoms with Crippen LogP contribution in [0.5, 0.6) is 0 Å². The first-order valence-corrected chi connectivity index (χ1v) is 12.7. The van der Waals surface area contributed by atoms with E-state index in [4.69, 9.17) is 5.73 Å². The predicted molar refractivity (Wildman–Crippen MR) is 132 cm³/mol. The van der Waals surface area contributed by atoms with E-state index < -0.39 is 29.4 Å². The molecule has 1 saturated heterocycles. The van der Waals surface area contributed by atoms with Crippen molar-refractivity contribution in [1.82, 2.24) is 25.0 Å². The topological polar surface area (TPSA) is 106 Å². The molecule has 198 valence electrons. The monoisotopic (exact) mass is 524 g/mol. The standard InChI is InChI=1S/C27H27F3N6O2/c1-14-18-12-35(26(38)23(14)18)10-15-2-4-16(5-3-15)11-36-13-19(24(34-36)27(28,29)30)25(37)33-21-8-7-20-17(21)6-9-22(31)32-20/h2-6,9,13-14,18,21,23H,7-8,10-12H2,1H3,(H2,31,32)(H,33,37)/t14-,18?,21-,23?/m1/s1. The van der Waals surface area contributed by atoms with Gasteiger partial charge < -0.3 is 16.0 Å². The van der Waals surface area contributed by atoms with Crippen LogP contribution in [-0.4, -0.2) is 38.0 Å². The number of alkyl halides is 3. The van der Waals surface area contributed by atoms with Gasteiger partial charge in [0.2, 0.25) is 5.91 Å². The van der Waals surface area contributed by atoms with Gasteiger partial charge in [0.05, 0.1) is 18.2 Å². The van der Waals surface area contributed by atoms with Crippen molar-refractivity contribution >= 4 is 17.6 Å². The second-order valence-electron chi connectivity index (χ2n) is 10.5. The number of amides is 2. The zero-order chi connectivity index (χ0) is 26.8. The summed E-state index contributed by atoms with van der Waals surface area (Å²) in [5, 5.41) is 6.42. The molecule has 11 heteroatoms. The van der Waals surface area contributed by atoms with E-state index in [1.807, 2.05) is 29.2 Å². The van der Waals surface area contributed by atoms with Gasteiger partial charge in [-0.15, -0.1) is 0 Å². The molecule has 1 saturated carbocycles. The number of aryl methyl sites for hydroxylation is 1. The number of aromatic nitrogens is 3. The van der Waals surface area contributed by atoms with Crippen molar-refractivity contribution in [2.75, 3.05) is 12.3 Å². The number of halogens is 3. The number of fused-ring (bicyclic) bond motifs is 2. The fourth-order valence-electron chi connectivity index (χ4n) is 5.84. The Balaban J connectivity index is 1.15. The molecule has 3 N–H and O–H groups in total. The summed E-state index contributed by atoms with van der Waals surface area (Å²) in [5.41, 5.74) is 7.16. The summed E-state index contributed by atoms with van der Waals surface area (Å²) in [5.74, 6) is 0.845. The van der Waals surface area contributed by atoms with Gasteiger partial charge in [-0.3, -0.25) is 14.3 Å². The minimum Gasteiger partial charge on any atom is -0.384 e. The molecule has 0 spiro atoms. The molecule has 2 amide bonds. The molecule has 2 fully saturated rings. The molecular weight excluding hydrogens is 497 g/mol. The Hall–Kier alpha value is -3.89. The van der Waals surface area contributed by atoms with E-state index in [9.17, 15) is 22.8 Å². The fraction of sp³-hybridized carbons (Fsp3) is 0.407. The highest BCUT2D eigenvalue weighted by Gasteiger charge is 2.58. The Morgan fingerprint density at radius 3 is 2.50 bits per heavy atom. The molecule has 0 bridgehead atoms. The summed E-state index contributed by atoms with van der Waals surface area (Å²) in [6.45, 7) is 3.48. The summed E-state index contributed by atoms with van der Waals surface area (Å²) in [4.78, 5) is 31.5. The Labute approximate surface area is 217 Å². The molecule has 3 aliphatic rings. The number of nitrogens with two attached hydrogens (primary N) is 1.